The molecule has 54 heavy (non-hydrogen) atoms. The van der Waals surface area contributed by atoms with Gasteiger partial charge in [0.15, 0.2) is 0 Å². The molecule has 0 aliphatic heterocycles. The van der Waals surface area contributed by atoms with E-state index in [4.69, 9.17) is 9.47 Å². The van der Waals surface area contributed by atoms with Gasteiger partial charge in [-0.2, -0.15) is 0 Å². The molecule has 0 saturated carbocycles. The Bertz CT molecular complexity index is 2150. The predicted octanol–water partition coefficient (Wildman–Crippen LogP) is 9.08. The van der Waals surface area contributed by atoms with Crippen molar-refractivity contribution in [3.8, 4) is 5.75 Å². The molecular formula is C43H41N3O6S2. The molecule has 0 saturated heterocycles. The minimum absolute atomic E-state index is 0.0198. The van der Waals surface area contributed by atoms with E-state index in [2.05, 4.69) is 16.0 Å². The van der Waals surface area contributed by atoms with E-state index in [-0.39, 0.29) is 11.6 Å². The van der Waals surface area contributed by atoms with E-state index < -0.39 is 23.0 Å². The molecule has 1 unspecified atom stereocenters. The molecule has 0 bridgehead atoms. The molecule has 6 rings (SSSR count). The Labute approximate surface area is 323 Å². The summed E-state index contributed by atoms with van der Waals surface area (Å²) in [6.07, 6.45) is 6.33. The van der Waals surface area contributed by atoms with Crippen LogP contribution in [0.2, 0.25) is 0 Å². The second-order valence-electron chi connectivity index (χ2n) is 12.5. The SMILES string of the molecule is CCOc1ccccc1/C=C(/NC(=O)c1ccccc1)C(=O)Nc1cccc(SC(C(=O)Nc2sc3c(c2C(=O)OC)CCCCC3)c2ccccc2)c1. The number of para-hydroxylation sites is 1. The van der Waals surface area contributed by atoms with Crippen LogP contribution >= 0.6 is 23.1 Å². The molecule has 0 fully saturated rings. The Balaban J connectivity index is 1.26. The highest BCUT2D eigenvalue weighted by Crippen LogP contribution is 2.41. The van der Waals surface area contributed by atoms with Gasteiger partial charge >= 0.3 is 5.97 Å². The summed E-state index contributed by atoms with van der Waals surface area (Å²) < 4.78 is 10.9. The number of anilines is 2. The Morgan fingerprint density at radius 2 is 1.56 bits per heavy atom. The van der Waals surface area contributed by atoms with Crippen LogP contribution in [0.1, 0.15) is 73.7 Å². The number of carbonyl (C=O) groups excluding carboxylic acids is 4. The van der Waals surface area contributed by atoms with Crippen LogP contribution in [0.15, 0.2) is 120 Å². The molecule has 11 heteroatoms. The van der Waals surface area contributed by atoms with Gasteiger partial charge in [-0.15, -0.1) is 23.1 Å². The third-order valence-electron chi connectivity index (χ3n) is 8.78. The first-order valence-corrected chi connectivity index (χ1v) is 19.5. The number of hydrogen-bond donors (Lipinski definition) is 3. The monoisotopic (exact) mass is 759 g/mol. The van der Waals surface area contributed by atoms with E-state index in [1.54, 1.807) is 60.7 Å². The van der Waals surface area contributed by atoms with E-state index in [0.717, 1.165) is 48.1 Å². The van der Waals surface area contributed by atoms with Crippen molar-refractivity contribution in [2.24, 2.45) is 0 Å². The molecule has 9 nitrogen and oxygen atoms in total. The lowest BCUT2D eigenvalue weighted by Gasteiger charge is -2.18. The van der Waals surface area contributed by atoms with E-state index in [1.165, 1.54) is 30.2 Å². The van der Waals surface area contributed by atoms with Crippen molar-refractivity contribution in [1.82, 2.24) is 5.32 Å². The standard InChI is InChI=1S/C43H41N3O6S2/c1-3-52-35-24-14-13-20-30(35)26-34(45-39(47)29-18-9-5-10-19-29)40(48)44-31-21-15-22-32(27-31)53-38(28-16-7-4-8-17-28)41(49)46-42-37(43(50)51-2)33-23-11-6-12-25-36(33)54-42/h4-5,7-10,13-22,24,26-27,38H,3,6,11-12,23,25H2,1-2H3,(H,44,48)(H,45,47)(H,46,49)/b34-26+. The van der Waals surface area contributed by atoms with Crippen molar-refractivity contribution in [2.45, 2.75) is 49.2 Å². The quantitative estimate of drug-likeness (QED) is 0.0474. The third kappa shape index (κ3) is 9.47. The largest absolute Gasteiger partial charge is 0.493 e. The molecule has 1 atom stereocenters. The van der Waals surface area contributed by atoms with Gasteiger partial charge in [0.05, 0.1) is 19.3 Å². The minimum Gasteiger partial charge on any atom is -0.493 e. The zero-order chi connectivity index (χ0) is 37.9. The van der Waals surface area contributed by atoms with E-state index in [1.807, 2.05) is 61.5 Å². The normalized spacial score (nSPS) is 13.1. The van der Waals surface area contributed by atoms with Crippen LogP contribution in [-0.4, -0.2) is 37.4 Å². The van der Waals surface area contributed by atoms with Crippen LogP contribution in [-0.2, 0) is 27.2 Å². The zero-order valence-corrected chi connectivity index (χ0v) is 31.7. The smallest absolute Gasteiger partial charge is 0.341 e. The maximum Gasteiger partial charge on any atom is 0.341 e. The van der Waals surface area contributed by atoms with Gasteiger partial charge in [0.25, 0.3) is 11.8 Å². The topological polar surface area (TPSA) is 123 Å². The van der Waals surface area contributed by atoms with Gasteiger partial charge < -0.3 is 25.4 Å². The number of fused-ring (bicyclic) bond motifs is 1. The van der Waals surface area contributed by atoms with Crippen LogP contribution in [0, 0.1) is 0 Å². The average Bonchev–Trinajstić information content (AvgIpc) is 3.36. The van der Waals surface area contributed by atoms with Crippen molar-refractivity contribution < 1.29 is 28.7 Å². The molecule has 1 aliphatic carbocycles. The second-order valence-corrected chi connectivity index (χ2v) is 14.8. The maximum absolute atomic E-state index is 14.2. The second kappa shape index (κ2) is 18.4. The van der Waals surface area contributed by atoms with Crippen LogP contribution < -0.4 is 20.7 Å². The van der Waals surface area contributed by atoms with Gasteiger partial charge in [-0.3, -0.25) is 14.4 Å². The molecule has 1 aromatic heterocycles. The third-order valence-corrected chi connectivity index (χ3v) is 11.2. The lowest BCUT2D eigenvalue weighted by atomic mass is 10.1. The van der Waals surface area contributed by atoms with Crippen molar-refractivity contribution >= 4 is 63.6 Å². The molecule has 1 aliphatic rings. The first-order valence-electron chi connectivity index (χ1n) is 17.8. The van der Waals surface area contributed by atoms with Crippen molar-refractivity contribution in [3.05, 3.63) is 148 Å². The van der Waals surface area contributed by atoms with Gasteiger partial charge in [0.2, 0.25) is 5.91 Å². The summed E-state index contributed by atoms with van der Waals surface area (Å²) in [5.74, 6) is -1.15. The molecule has 0 spiro atoms. The van der Waals surface area contributed by atoms with Crippen molar-refractivity contribution in [1.29, 1.82) is 0 Å². The summed E-state index contributed by atoms with van der Waals surface area (Å²) in [5.41, 5.74) is 3.69. The maximum atomic E-state index is 14.2. The molecule has 0 radical (unpaired) electrons. The van der Waals surface area contributed by atoms with Gasteiger partial charge in [-0.05, 0) is 86.2 Å². The Kier molecular flexibility index (Phi) is 13.0. The molecule has 276 valence electrons. The number of thiophene rings is 1. The fraction of sp³-hybridized carbons (Fsp3) is 0.209. The lowest BCUT2D eigenvalue weighted by molar-refractivity contribution is -0.116. The Hall–Kier alpha value is -5.65. The van der Waals surface area contributed by atoms with E-state index in [0.29, 0.717) is 44.6 Å². The number of carbonyl (C=O) groups is 4. The highest BCUT2D eigenvalue weighted by atomic mass is 32.2. The fourth-order valence-electron chi connectivity index (χ4n) is 6.19. The molecule has 5 aromatic rings. The van der Waals surface area contributed by atoms with Gasteiger partial charge in [-0.1, -0.05) is 79.2 Å². The number of benzene rings is 4. The number of methoxy groups -OCH3 is 1. The van der Waals surface area contributed by atoms with Gasteiger partial charge in [0, 0.05) is 26.6 Å². The fourth-order valence-corrected chi connectivity index (χ4v) is 8.56. The Morgan fingerprint density at radius 3 is 2.31 bits per heavy atom. The summed E-state index contributed by atoms with van der Waals surface area (Å²) in [6, 6.07) is 32.5. The molecular weight excluding hydrogens is 719 g/mol. The number of nitrogens with one attached hydrogen (secondary N) is 3. The summed E-state index contributed by atoms with van der Waals surface area (Å²) >= 11 is 2.77. The van der Waals surface area contributed by atoms with Gasteiger partial charge in [0.1, 0.15) is 21.7 Å². The van der Waals surface area contributed by atoms with Crippen LogP contribution in [0.25, 0.3) is 6.08 Å². The number of esters is 1. The number of ether oxygens (including phenoxy) is 2. The van der Waals surface area contributed by atoms with E-state index in [9.17, 15) is 19.2 Å². The molecule has 4 aromatic carbocycles. The summed E-state index contributed by atoms with van der Waals surface area (Å²) in [6.45, 7) is 2.30. The Morgan fingerprint density at radius 1 is 0.833 bits per heavy atom. The van der Waals surface area contributed by atoms with Gasteiger partial charge in [-0.25, -0.2) is 4.79 Å². The summed E-state index contributed by atoms with van der Waals surface area (Å²) in [4.78, 5) is 56.1. The highest BCUT2D eigenvalue weighted by Gasteiger charge is 2.29. The van der Waals surface area contributed by atoms with E-state index >= 15 is 0 Å². The van der Waals surface area contributed by atoms with Crippen molar-refractivity contribution in [3.63, 3.8) is 0 Å². The number of rotatable bonds is 13. The molecule has 3 amide bonds. The average molecular weight is 760 g/mol. The minimum atomic E-state index is -0.694. The van der Waals surface area contributed by atoms with Crippen LogP contribution in [0.4, 0.5) is 10.7 Å². The predicted molar refractivity (Wildman–Crippen MR) is 215 cm³/mol. The first kappa shape index (κ1) is 38.1. The van der Waals surface area contributed by atoms with Crippen molar-refractivity contribution in [2.75, 3.05) is 24.4 Å². The summed E-state index contributed by atoms with van der Waals surface area (Å²) in [7, 11) is 1.36. The summed E-state index contributed by atoms with van der Waals surface area (Å²) in [5, 5.41) is 8.60. The zero-order valence-electron chi connectivity index (χ0n) is 30.1. The van der Waals surface area contributed by atoms with Crippen LogP contribution in [0.5, 0.6) is 5.75 Å². The number of thioether (sulfide) groups is 1. The number of amides is 3. The molecule has 3 N–H and O–H groups in total. The number of hydrogen-bond acceptors (Lipinski definition) is 8. The van der Waals surface area contributed by atoms with Crippen LogP contribution in [0.3, 0.4) is 0 Å². The lowest BCUT2D eigenvalue weighted by Crippen LogP contribution is -2.30. The molecule has 1 heterocycles. The first-order chi connectivity index (χ1) is 26.3. The highest BCUT2D eigenvalue weighted by molar-refractivity contribution is 8.00. The number of aryl methyl sites for hydroxylation is 1.